The first kappa shape index (κ1) is 11.2. The Morgan fingerprint density at radius 3 is 2.08 bits per heavy atom. The second-order valence-corrected chi connectivity index (χ2v) is 3.59. The van der Waals surface area contributed by atoms with Gasteiger partial charge in [-0.3, -0.25) is 0 Å². The van der Waals surface area contributed by atoms with Crippen molar-refractivity contribution in [2.45, 2.75) is 26.2 Å². The van der Waals surface area contributed by atoms with Gasteiger partial charge < -0.3 is 5.73 Å². The smallest absolute Gasteiger partial charge is 0.146 e. The summed E-state index contributed by atoms with van der Waals surface area (Å²) in [7, 11) is 0. The topological polar surface area (TPSA) is 51.8 Å². The molecular weight excluding hydrogens is 174 g/mol. The van der Waals surface area contributed by atoms with Crippen molar-refractivity contribution >= 4 is 18.2 Å². The van der Waals surface area contributed by atoms with Crippen molar-refractivity contribution < 1.29 is 0 Å². The summed E-state index contributed by atoms with van der Waals surface area (Å²) < 4.78 is 0. The highest BCUT2D eigenvalue weighted by atomic mass is 35.5. The zero-order valence-corrected chi connectivity index (χ0v) is 8.35. The monoisotopic (exact) mass is 187 g/mol. The lowest BCUT2D eigenvalue weighted by atomic mass is 9.92. The number of rotatable bonds is 0. The average Bonchev–Trinajstić information content (AvgIpc) is 1.86. The van der Waals surface area contributed by atoms with Crippen LogP contribution in [0.2, 0.25) is 0 Å². The van der Waals surface area contributed by atoms with E-state index in [0.29, 0.717) is 5.82 Å². The van der Waals surface area contributed by atoms with Gasteiger partial charge in [0.25, 0.3) is 0 Å². The van der Waals surface area contributed by atoms with Crippen LogP contribution in [-0.4, -0.2) is 10.2 Å². The summed E-state index contributed by atoms with van der Waals surface area (Å²) in [6.45, 7) is 6.27. The van der Waals surface area contributed by atoms with Gasteiger partial charge in [0.1, 0.15) is 5.82 Å². The summed E-state index contributed by atoms with van der Waals surface area (Å²) in [6.07, 6.45) is 0. The van der Waals surface area contributed by atoms with E-state index in [1.165, 1.54) is 0 Å². The largest absolute Gasteiger partial charge is 0.382 e. The maximum atomic E-state index is 5.40. The Balaban J connectivity index is 0.00000121. The average molecular weight is 188 g/mol. The summed E-state index contributed by atoms with van der Waals surface area (Å²) in [6, 6.07) is 3.68. The van der Waals surface area contributed by atoms with E-state index < -0.39 is 0 Å². The van der Waals surface area contributed by atoms with Gasteiger partial charge in [-0.2, -0.15) is 5.10 Å². The van der Waals surface area contributed by atoms with E-state index in [1.54, 1.807) is 6.07 Å². The third-order valence-electron chi connectivity index (χ3n) is 1.45. The molecule has 1 heterocycles. The van der Waals surface area contributed by atoms with Gasteiger partial charge in [0.05, 0.1) is 5.69 Å². The Morgan fingerprint density at radius 1 is 1.17 bits per heavy atom. The first-order valence-corrected chi connectivity index (χ1v) is 3.60. The lowest BCUT2D eigenvalue weighted by molar-refractivity contribution is 0.559. The van der Waals surface area contributed by atoms with Crippen molar-refractivity contribution in [1.82, 2.24) is 10.2 Å². The second-order valence-electron chi connectivity index (χ2n) is 3.59. The molecule has 0 spiro atoms. The summed E-state index contributed by atoms with van der Waals surface area (Å²) >= 11 is 0. The molecule has 0 aromatic carbocycles. The van der Waals surface area contributed by atoms with Crippen LogP contribution in [0, 0.1) is 0 Å². The molecule has 4 heteroatoms. The third-order valence-corrected chi connectivity index (χ3v) is 1.45. The van der Waals surface area contributed by atoms with Gasteiger partial charge in [-0.25, -0.2) is 0 Å². The molecule has 0 aliphatic heterocycles. The van der Waals surface area contributed by atoms with E-state index in [1.807, 2.05) is 6.07 Å². The van der Waals surface area contributed by atoms with Gasteiger partial charge in [-0.15, -0.1) is 17.5 Å². The minimum Gasteiger partial charge on any atom is -0.382 e. The molecule has 0 bridgehead atoms. The van der Waals surface area contributed by atoms with E-state index in [-0.39, 0.29) is 17.8 Å². The number of aromatic nitrogens is 2. The fraction of sp³-hybridized carbons (Fsp3) is 0.500. The number of nitrogens with zero attached hydrogens (tertiary/aromatic N) is 2. The highest BCUT2D eigenvalue weighted by molar-refractivity contribution is 5.85. The van der Waals surface area contributed by atoms with Crippen LogP contribution < -0.4 is 5.73 Å². The first-order chi connectivity index (χ1) is 5.00. The number of hydrogen-bond donors (Lipinski definition) is 1. The van der Waals surface area contributed by atoms with Gasteiger partial charge in [0.2, 0.25) is 0 Å². The van der Waals surface area contributed by atoms with Crippen molar-refractivity contribution in [2.24, 2.45) is 0 Å². The Labute approximate surface area is 78.8 Å². The molecule has 0 saturated heterocycles. The van der Waals surface area contributed by atoms with E-state index in [2.05, 4.69) is 31.0 Å². The number of halogens is 1. The molecule has 68 valence electrons. The standard InChI is InChI=1S/C8H13N3.ClH/c1-8(2,3)6-4-5-7(9)11-10-6;/h4-5H,1-3H3,(H2,9,11);1H. The zero-order valence-electron chi connectivity index (χ0n) is 7.53. The quantitative estimate of drug-likeness (QED) is 0.674. The number of nitrogen functional groups attached to an aromatic ring is 1. The summed E-state index contributed by atoms with van der Waals surface area (Å²) in [4.78, 5) is 0. The van der Waals surface area contributed by atoms with Gasteiger partial charge in [-0.1, -0.05) is 20.8 Å². The number of anilines is 1. The molecule has 0 unspecified atom stereocenters. The van der Waals surface area contributed by atoms with Crippen LogP contribution >= 0.6 is 12.4 Å². The molecule has 0 fully saturated rings. The Kier molecular flexibility index (Phi) is 3.46. The van der Waals surface area contributed by atoms with Crippen LogP contribution in [0.5, 0.6) is 0 Å². The highest BCUT2D eigenvalue weighted by Gasteiger charge is 2.14. The molecular formula is C8H14ClN3. The molecule has 0 amide bonds. The lowest BCUT2D eigenvalue weighted by Crippen LogP contribution is -2.14. The minimum absolute atomic E-state index is 0. The molecule has 1 rings (SSSR count). The molecule has 0 saturated carbocycles. The van der Waals surface area contributed by atoms with Crippen molar-refractivity contribution in [3.05, 3.63) is 17.8 Å². The maximum Gasteiger partial charge on any atom is 0.146 e. The zero-order chi connectivity index (χ0) is 8.48. The predicted octanol–water partition coefficient (Wildman–Crippen LogP) is 1.78. The van der Waals surface area contributed by atoms with Gasteiger partial charge in [-0.05, 0) is 12.1 Å². The molecule has 0 atom stereocenters. The van der Waals surface area contributed by atoms with E-state index in [9.17, 15) is 0 Å². The molecule has 2 N–H and O–H groups in total. The molecule has 1 aromatic heterocycles. The lowest BCUT2D eigenvalue weighted by Gasteiger charge is -2.15. The predicted molar refractivity (Wildman–Crippen MR) is 52.4 cm³/mol. The fourth-order valence-electron chi connectivity index (χ4n) is 0.743. The molecule has 12 heavy (non-hydrogen) atoms. The van der Waals surface area contributed by atoms with Crippen LogP contribution in [0.15, 0.2) is 12.1 Å². The van der Waals surface area contributed by atoms with E-state index >= 15 is 0 Å². The molecule has 0 aliphatic rings. The van der Waals surface area contributed by atoms with Crippen molar-refractivity contribution in [3.8, 4) is 0 Å². The van der Waals surface area contributed by atoms with E-state index in [0.717, 1.165) is 5.69 Å². The van der Waals surface area contributed by atoms with Crippen LogP contribution in [-0.2, 0) is 5.41 Å². The Morgan fingerprint density at radius 2 is 1.75 bits per heavy atom. The van der Waals surface area contributed by atoms with Crippen molar-refractivity contribution in [1.29, 1.82) is 0 Å². The van der Waals surface area contributed by atoms with Crippen LogP contribution in [0.25, 0.3) is 0 Å². The molecule has 1 aromatic rings. The first-order valence-electron chi connectivity index (χ1n) is 3.60. The van der Waals surface area contributed by atoms with Crippen molar-refractivity contribution in [3.63, 3.8) is 0 Å². The highest BCUT2D eigenvalue weighted by Crippen LogP contribution is 2.18. The van der Waals surface area contributed by atoms with Gasteiger partial charge >= 0.3 is 0 Å². The summed E-state index contributed by atoms with van der Waals surface area (Å²) in [5.74, 6) is 0.470. The second kappa shape index (κ2) is 3.72. The Bertz CT molecular complexity index is 237. The Hall–Kier alpha value is -0.830. The van der Waals surface area contributed by atoms with Crippen LogP contribution in [0.1, 0.15) is 26.5 Å². The van der Waals surface area contributed by atoms with E-state index in [4.69, 9.17) is 5.73 Å². The molecule has 0 aliphatic carbocycles. The SMILES string of the molecule is CC(C)(C)c1ccc(N)nn1.Cl. The molecule has 0 radical (unpaired) electrons. The third kappa shape index (κ3) is 2.66. The minimum atomic E-state index is 0. The summed E-state index contributed by atoms with van der Waals surface area (Å²) in [5, 5.41) is 7.75. The van der Waals surface area contributed by atoms with Gasteiger partial charge in [0, 0.05) is 5.41 Å². The fourth-order valence-corrected chi connectivity index (χ4v) is 0.743. The van der Waals surface area contributed by atoms with Crippen molar-refractivity contribution in [2.75, 3.05) is 5.73 Å². The molecule has 3 nitrogen and oxygen atoms in total. The maximum absolute atomic E-state index is 5.40. The van der Waals surface area contributed by atoms with Crippen LogP contribution in [0.4, 0.5) is 5.82 Å². The number of nitrogens with two attached hydrogens (primary N) is 1. The number of hydrogen-bond acceptors (Lipinski definition) is 3. The van der Waals surface area contributed by atoms with Gasteiger partial charge in [0.15, 0.2) is 0 Å². The van der Waals surface area contributed by atoms with Crippen LogP contribution in [0.3, 0.4) is 0 Å². The summed E-state index contributed by atoms with van der Waals surface area (Å²) in [5.41, 5.74) is 6.42. The normalized spacial score (nSPS) is 10.6.